The molecule has 0 radical (unpaired) electrons. The maximum absolute atomic E-state index is 11.2. The molecule has 28 heavy (non-hydrogen) atoms. The molecular weight excluding hydrogens is 356 g/mol. The zero-order valence-corrected chi connectivity index (χ0v) is 17.3. The number of nitrogens with one attached hydrogen (secondary N) is 3. The summed E-state index contributed by atoms with van der Waals surface area (Å²) < 4.78 is 10.2. The molecule has 1 amide bonds. The molecule has 1 fully saturated rings. The van der Waals surface area contributed by atoms with E-state index in [1.807, 2.05) is 31.2 Å². The highest BCUT2D eigenvalue weighted by molar-refractivity contribution is 5.84. The third-order valence-electron chi connectivity index (χ3n) is 5.35. The van der Waals surface area contributed by atoms with Gasteiger partial charge in [0.2, 0.25) is 0 Å². The Bertz CT molecular complexity index is 625. The van der Waals surface area contributed by atoms with Crippen molar-refractivity contribution in [2.75, 3.05) is 39.2 Å². The molecule has 1 aliphatic carbocycles. The number of anilines is 1. The van der Waals surface area contributed by atoms with E-state index in [4.69, 9.17) is 4.74 Å². The van der Waals surface area contributed by atoms with E-state index in [0.29, 0.717) is 17.6 Å². The molecule has 0 heterocycles. The third kappa shape index (κ3) is 7.03. The fourth-order valence-corrected chi connectivity index (χ4v) is 3.63. The molecule has 1 aromatic rings. The zero-order valence-electron chi connectivity index (χ0n) is 17.3. The Balaban J connectivity index is 1.81. The number of rotatable bonds is 9. The summed E-state index contributed by atoms with van der Waals surface area (Å²) in [5.41, 5.74) is 2.12. The minimum atomic E-state index is -0.472. The van der Waals surface area contributed by atoms with Crippen LogP contribution in [0.4, 0.5) is 10.5 Å². The predicted molar refractivity (Wildman–Crippen MR) is 113 cm³/mol. The molecular formula is C21H34N4O3. The number of carbonyl (C=O) groups excluding carboxylic acids is 1. The molecule has 1 saturated carbocycles. The van der Waals surface area contributed by atoms with Gasteiger partial charge in [0.15, 0.2) is 5.96 Å². The summed E-state index contributed by atoms with van der Waals surface area (Å²) in [6, 6.07) is 7.63. The van der Waals surface area contributed by atoms with E-state index in [2.05, 4.69) is 25.7 Å². The second-order valence-electron chi connectivity index (χ2n) is 7.25. The van der Waals surface area contributed by atoms with Gasteiger partial charge in [0.1, 0.15) is 0 Å². The van der Waals surface area contributed by atoms with Crippen molar-refractivity contribution in [2.24, 2.45) is 10.4 Å². The summed E-state index contributed by atoms with van der Waals surface area (Å²) >= 11 is 0. The van der Waals surface area contributed by atoms with Crippen molar-refractivity contribution >= 4 is 17.7 Å². The molecule has 0 unspecified atom stereocenters. The number of carbonyl (C=O) groups is 1. The average molecular weight is 391 g/mol. The summed E-state index contributed by atoms with van der Waals surface area (Å²) in [5.74, 6) is 0.805. The van der Waals surface area contributed by atoms with Crippen LogP contribution in [0.1, 0.15) is 44.6 Å². The summed E-state index contributed by atoms with van der Waals surface area (Å²) in [4.78, 5) is 15.6. The highest BCUT2D eigenvalue weighted by Crippen LogP contribution is 2.40. The molecule has 1 aliphatic rings. The number of amides is 1. The highest BCUT2D eigenvalue weighted by atomic mass is 16.5. The van der Waals surface area contributed by atoms with E-state index in [9.17, 15) is 4.79 Å². The van der Waals surface area contributed by atoms with Gasteiger partial charge in [-0.1, -0.05) is 25.0 Å². The van der Waals surface area contributed by atoms with Gasteiger partial charge in [0.25, 0.3) is 0 Å². The Morgan fingerprint density at radius 3 is 2.50 bits per heavy atom. The highest BCUT2D eigenvalue weighted by Gasteiger charge is 2.33. The molecule has 7 nitrogen and oxygen atoms in total. The van der Waals surface area contributed by atoms with Crippen molar-refractivity contribution in [2.45, 2.75) is 45.6 Å². The van der Waals surface area contributed by atoms with Crippen molar-refractivity contribution in [3.05, 3.63) is 29.8 Å². The number of ether oxygens (including phenoxy) is 2. The maximum Gasteiger partial charge on any atom is 0.411 e. The topological polar surface area (TPSA) is 84.0 Å². The lowest BCUT2D eigenvalue weighted by atomic mass is 9.83. The number of methoxy groups -OCH3 is 1. The standard InChI is InChI=1S/C21H34N4O3/c1-4-28-14-13-21(11-5-6-12-21)16-24-19(22-2)23-15-17-7-9-18(10-8-17)25-20(26)27-3/h7-10H,4-6,11-16H2,1-3H3,(H,25,26)(H2,22,23,24). The van der Waals surface area contributed by atoms with E-state index < -0.39 is 6.09 Å². The molecule has 0 aromatic heterocycles. The lowest BCUT2D eigenvalue weighted by Crippen LogP contribution is -2.43. The van der Waals surface area contributed by atoms with Gasteiger partial charge in [0.05, 0.1) is 7.11 Å². The van der Waals surface area contributed by atoms with Crippen molar-refractivity contribution in [3.8, 4) is 0 Å². The molecule has 0 saturated heterocycles. The van der Waals surface area contributed by atoms with Crippen LogP contribution in [0.5, 0.6) is 0 Å². The van der Waals surface area contributed by atoms with Crippen LogP contribution in [0.2, 0.25) is 0 Å². The van der Waals surface area contributed by atoms with E-state index in [1.165, 1.54) is 32.8 Å². The number of guanidine groups is 1. The van der Waals surface area contributed by atoms with Crippen LogP contribution in [0.3, 0.4) is 0 Å². The molecule has 0 bridgehead atoms. The van der Waals surface area contributed by atoms with Gasteiger partial charge < -0.3 is 20.1 Å². The lowest BCUT2D eigenvalue weighted by Gasteiger charge is -2.30. The van der Waals surface area contributed by atoms with Gasteiger partial charge in [-0.3, -0.25) is 10.3 Å². The summed E-state index contributed by atoms with van der Waals surface area (Å²) in [7, 11) is 3.14. The third-order valence-corrected chi connectivity index (χ3v) is 5.35. The van der Waals surface area contributed by atoms with E-state index >= 15 is 0 Å². The van der Waals surface area contributed by atoms with E-state index in [-0.39, 0.29) is 0 Å². The Labute approximate surface area is 168 Å². The summed E-state index contributed by atoms with van der Waals surface area (Å²) in [6.45, 7) is 5.23. The van der Waals surface area contributed by atoms with Gasteiger partial charge >= 0.3 is 6.09 Å². The first-order valence-corrected chi connectivity index (χ1v) is 10.1. The second kappa shape index (κ2) is 11.5. The number of nitrogens with zero attached hydrogens (tertiary/aromatic N) is 1. The number of benzene rings is 1. The first kappa shape index (κ1) is 22.0. The first-order chi connectivity index (χ1) is 13.6. The normalized spacial score (nSPS) is 15.9. The number of hydrogen-bond donors (Lipinski definition) is 3. The van der Waals surface area contributed by atoms with Gasteiger partial charge in [-0.2, -0.15) is 0 Å². The molecule has 3 N–H and O–H groups in total. The van der Waals surface area contributed by atoms with Crippen molar-refractivity contribution < 1.29 is 14.3 Å². The van der Waals surface area contributed by atoms with Gasteiger partial charge in [-0.25, -0.2) is 4.79 Å². The fourth-order valence-electron chi connectivity index (χ4n) is 3.63. The van der Waals surface area contributed by atoms with Crippen LogP contribution >= 0.6 is 0 Å². The van der Waals surface area contributed by atoms with E-state index in [1.54, 1.807) is 7.05 Å². The average Bonchev–Trinajstić information content (AvgIpc) is 3.18. The quantitative estimate of drug-likeness (QED) is 0.341. The van der Waals surface area contributed by atoms with Gasteiger partial charge in [-0.05, 0) is 49.3 Å². The summed E-state index contributed by atoms with van der Waals surface area (Å²) in [6.07, 6.45) is 5.72. The molecule has 0 spiro atoms. The molecule has 156 valence electrons. The van der Waals surface area contributed by atoms with Crippen molar-refractivity contribution in [1.82, 2.24) is 10.6 Å². The van der Waals surface area contributed by atoms with Gasteiger partial charge in [-0.15, -0.1) is 0 Å². The van der Waals surface area contributed by atoms with Crippen LogP contribution in [0.25, 0.3) is 0 Å². The predicted octanol–water partition coefficient (Wildman–Crippen LogP) is 3.52. The summed E-state index contributed by atoms with van der Waals surface area (Å²) in [5, 5.41) is 9.51. The lowest BCUT2D eigenvalue weighted by molar-refractivity contribution is 0.105. The molecule has 0 atom stereocenters. The Kier molecular flexibility index (Phi) is 9.07. The van der Waals surface area contributed by atoms with Crippen LogP contribution in [0.15, 0.2) is 29.3 Å². The second-order valence-corrected chi connectivity index (χ2v) is 7.25. The first-order valence-electron chi connectivity index (χ1n) is 10.1. The minimum Gasteiger partial charge on any atom is -0.453 e. The van der Waals surface area contributed by atoms with Crippen LogP contribution in [-0.2, 0) is 16.0 Å². The van der Waals surface area contributed by atoms with Gasteiger partial charge in [0, 0.05) is 39.0 Å². The number of aliphatic imine (C=N–C) groups is 1. The molecule has 1 aromatic carbocycles. The molecule has 2 rings (SSSR count). The molecule has 0 aliphatic heterocycles. The largest absolute Gasteiger partial charge is 0.453 e. The van der Waals surface area contributed by atoms with Crippen LogP contribution in [0, 0.1) is 5.41 Å². The SMILES string of the molecule is CCOCCC1(CNC(=NC)NCc2ccc(NC(=O)OC)cc2)CCCC1. The Hall–Kier alpha value is -2.28. The molecule has 7 heteroatoms. The number of hydrogen-bond acceptors (Lipinski definition) is 4. The minimum absolute atomic E-state index is 0.313. The van der Waals surface area contributed by atoms with Crippen molar-refractivity contribution in [3.63, 3.8) is 0 Å². The monoisotopic (exact) mass is 390 g/mol. The maximum atomic E-state index is 11.2. The Morgan fingerprint density at radius 1 is 1.18 bits per heavy atom. The van der Waals surface area contributed by atoms with E-state index in [0.717, 1.165) is 37.7 Å². The van der Waals surface area contributed by atoms with Crippen molar-refractivity contribution in [1.29, 1.82) is 0 Å². The van der Waals surface area contributed by atoms with Crippen LogP contribution in [-0.4, -0.2) is 46.0 Å². The Morgan fingerprint density at radius 2 is 1.89 bits per heavy atom. The zero-order chi connectivity index (χ0) is 20.2. The van der Waals surface area contributed by atoms with Crippen LogP contribution < -0.4 is 16.0 Å². The fraction of sp³-hybridized carbons (Fsp3) is 0.619. The smallest absolute Gasteiger partial charge is 0.411 e.